The fraction of sp³-hybridized carbons (Fsp3) is 0.125. The normalized spacial score (nSPS) is 10.6. The van der Waals surface area contributed by atoms with E-state index < -0.39 is 0 Å². The number of aromatic nitrogens is 1. The number of fused-ring (bicyclic) bond motifs is 1. The highest BCUT2D eigenvalue weighted by Crippen LogP contribution is 2.28. The minimum absolute atomic E-state index is 0.102. The molecule has 0 aliphatic rings. The van der Waals surface area contributed by atoms with Gasteiger partial charge in [0.2, 0.25) is 5.91 Å². The van der Waals surface area contributed by atoms with Crippen molar-refractivity contribution in [2.45, 2.75) is 6.42 Å². The third-order valence-electron chi connectivity index (χ3n) is 3.12. The maximum atomic E-state index is 12.1. The quantitative estimate of drug-likeness (QED) is 0.781. The smallest absolute Gasteiger partial charge is 0.230 e. The molecule has 2 aromatic carbocycles. The minimum Gasteiger partial charge on any atom is -0.497 e. The minimum atomic E-state index is -0.102. The molecule has 0 fully saturated rings. The van der Waals surface area contributed by atoms with Crippen LogP contribution < -0.4 is 10.1 Å². The fourth-order valence-corrected chi connectivity index (χ4v) is 3.20. The van der Waals surface area contributed by atoms with Crippen LogP contribution in [-0.2, 0) is 11.2 Å². The van der Waals surface area contributed by atoms with Gasteiger partial charge in [-0.2, -0.15) is 0 Å². The van der Waals surface area contributed by atoms with Gasteiger partial charge >= 0.3 is 0 Å². The van der Waals surface area contributed by atoms with Gasteiger partial charge in [-0.25, -0.2) is 4.98 Å². The second kappa shape index (κ2) is 6.34. The summed E-state index contributed by atoms with van der Waals surface area (Å²) in [5.41, 5.74) is 1.75. The zero-order chi connectivity index (χ0) is 15.5. The van der Waals surface area contributed by atoms with E-state index in [-0.39, 0.29) is 5.91 Å². The molecular weight excluding hydrogens is 320 g/mol. The number of hydrogen-bond acceptors (Lipinski definition) is 4. The van der Waals surface area contributed by atoms with Crippen molar-refractivity contribution in [1.29, 1.82) is 0 Å². The highest BCUT2D eigenvalue weighted by atomic mass is 35.5. The summed E-state index contributed by atoms with van der Waals surface area (Å²) < 4.78 is 6.04. The lowest BCUT2D eigenvalue weighted by atomic mass is 10.1. The predicted molar refractivity (Wildman–Crippen MR) is 90.0 cm³/mol. The van der Waals surface area contributed by atoms with Gasteiger partial charge in [0.15, 0.2) is 5.13 Å². The van der Waals surface area contributed by atoms with Crippen LogP contribution in [0.3, 0.4) is 0 Å². The van der Waals surface area contributed by atoms with Gasteiger partial charge in [0, 0.05) is 5.02 Å². The van der Waals surface area contributed by atoms with E-state index in [2.05, 4.69) is 10.3 Å². The SMILES string of the molecule is COc1ccc(CC(=O)Nc2nc3ccc(Cl)cc3s2)cc1. The van der Waals surface area contributed by atoms with Crippen LogP contribution in [0.2, 0.25) is 5.02 Å². The number of anilines is 1. The molecule has 1 aromatic heterocycles. The van der Waals surface area contributed by atoms with Crippen LogP contribution in [0.4, 0.5) is 5.13 Å². The Balaban J connectivity index is 1.69. The first kappa shape index (κ1) is 14.8. The van der Waals surface area contributed by atoms with Gasteiger partial charge in [0.05, 0.1) is 23.7 Å². The van der Waals surface area contributed by atoms with E-state index in [1.165, 1.54) is 11.3 Å². The van der Waals surface area contributed by atoms with Crippen LogP contribution in [0, 0.1) is 0 Å². The van der Waals surface area contributed by atoms with E-state index >= 15 is 0 Å². The van der Waals surface area contributed by atoms with E-state index in [1.807, 2.05) is 36.4 Å². The van der Waals surface area contributed by atoms with Crippen molar-refractivity contribution >= 4 is 44.2 Å². The summed E-state index contributed by atoms with van der Waals surface area (Å²) in [6.45, 7) is 0. The summed E-state index contributed by atoms with van der Waals surface area (Å²) in [5.74, 6) is 0.669. The van der Waals surface area contributed by atoms with Crippen molar-refractivity contribution in [1.82, 2.24) is 4.98 Å². The van der Waals surface area contributed by atoms with Gasteiger partial charge in [0.1, 0.15) is 5.75 Å². The number of nitrogens with zero attached hydrogens (tertiary/aromatic N) is 1. The first-order chi connectivity index (χ1) is 10.6. The average molecular weight is 333 g/mol. The Morgan fingerprint density at radius 2 is 2.05 bits per heavy atom. The maximum Gasteiger partial charge on any atom is 0.230 e. The molecule has 3 aromatic rings. The van der Waals surface area contributed by atoms with E-state index in [1.54, 1.807) is 13.2 Å². The lowest BCUT2D eigenvalue weighted by Crippen LogP contribution is -2.14. The summed E-state index contributed by atoms with van der Waals surface area (Å²) >= 11 is 7.36. The summed E-state index contributed by atoms with van der Waals surface area (Å²) in [6, 6.07) is 12.9. The number of amides is 1. The van der Waals surface area contributed by atoms with Crippen LogP contribution in [0.25, 0.3) is 10.2 Å². The van der Waals surface area contributed by atoms with E-state index in [4.69, 9.17) is 16.3 Å². The average Bonchev–Trinajstić information content (AvgIpc) is 2.89. The molecule has 0 unspecified atom stereocenters. The number of nitrogens with one attached hydrogen (secondary N) is 1. The second-order valence-corrected chi connectivity index (χ2v) is 6.17. The molecular formula is C16H13ClN2O2S. The third-order valence-corrected chi connectivity index (χ3v) is 4.29. The number of carbonyl (C=O) groups excluding carboxylic acids is 1. The monoisotopic (exact) mass is 332 g/mol. The van der Waals surface area contributed by atoms with Crippen LogP contribution in [0.1, 0.15) is 5.56 Å². The Morgan fingerprint density at radius 1 is 1.27 bits per heavy atom. The molecule has 6 heteroatoms. The van der Waals surface area contributed by atoms with Crippen LogP contribution in [0.5, 0.6) is 5.75 Å². The van der Waals surface area contributed by atoms with Gasteiger partial charge in [0.25, 0.3) is 0 Å². The molecule has 3 rings (SSSR count). The molecule has 0 bridgehead atoms. The first-order valence-electron chi connectivity index (χ1n) is 6.63. The molecule has 4 nitrogen and oxygen atoms in total. The summed E-state index contributed by atoms with van der Waals surface area (Å²) in [4.78, 5) is 16.4. The molecule has 22 heavy (non-hydrogen) atoms. The number of rotatable bonds is 4. The topological polar surface area (TPSA) is 51.2 Å². The molecule has 0 atom stereocenters. The number of benzene rings is 2. The van der Waals surface area contributed by atoms with Crippen molar-refractivity contribution in [3.05, 3.63) is 53.1 Å². The van der Waals surface area contributed by atoms with Crippen molar-refractivity contribution in [3.63, 3.8) is 0 Å². The molecule has 0 spiro atoms. The third kappa shape index (κ3) is 3.37. The molecule has 0 radical (unpaired) electrons. The summed E-state index contributed by atoms with van der Waals surface area (Å²) in [5, 5.41) is 4.06. The number of halogens is 1. The molecule has 1 amide bonds. The number of carbonyl (C=O) groups is 1. The Kier molecular flexibility index (Phi) is 4.27. The Bertz CT molecular complexity index is 815. The first-order valence-corrected chi connectivity index (χ1v) is 7.82. The lowest BCUT2D eigenvalue weighted by molar-refractivity contribution is -0.115. The van der Waals surface area contributed by atoms with Crippen LogP contribution >= 0.6 is 22.9 Å². The van der Waals surface area contributed by atoms with Gasteiger partial charge in [-0.3, -0.25) is 4.79 Å². The maximum absolute atomic E-state index is 12.1. The standard InChI is InChI=1S/C16H13ClN2O2S/c1-21-12-5-2-10(3-6-12)8-15(20)19-16-18-13-7-4-11(17)9-14(13)22-16/h2-7,9H,8H2,1H3,(H,18,19,20). The highest BCUT2D eigenvalue weighted by Gasteiger charge is 2.09. The second-order valence-electron chi connectivity index (χ2n) is 4.70. The number of methoxy groups -OCH3 is 1. The fourth-order valence-electron chi connectivity index (χ4n) is 2.04. The van der Waals surface area contributed by atoms with Crippen molar-refractivity contribution in [3.8, 4) is 5.75 Å². The van der Waals surface area contributed by atoms with Gasteiger partial charge < -0.3 is 10.1 Å². The number of thiazole rings is 1. The highest BCUT2D eigenvalue weighted by molar-refractivity contribution is 7.22. The Labute approximate surface area is 136 Å². The summed E-state index contributed by atoms with van der Waals surface area (Å²) in [7, 11) is 1.61. The largest absolute Gasteiger partial charge is 0.497 e. The number of hydrogen-bond donors (Lipinski definition) is 1. The van der Waals surface area contributed by atoms with Crippen molar-refractivity contribution in [2.24, 2.45) is 0 Å². The summed E-state index contributed by atoms with van der Waals surface area (Å²) in [6.07, 6.45) is 0.292. The van der Waals surface area contributed by atoms with Gasteiger partial charge in [-0.05, 0) is 35.9 Å². The molecule has 0 saturated heterocycles. The molecule has 1 N–H and O–H groups in total. The van der Waals surface area contributed by atoms with E-state index in [0.717, 1.165) is 21.5 Å². The molecule has 0 saturated carbocycles. The zero-order valence-electron chi connectivity index (χ0n) is 11.8. The molecule has 112 valence electrons. The van der Waals surface area contributed by atoms with Crippen molar-refractivity contribution < 1.29 is 9.53 Å². The van der Waals surface area contributed by atoms with E-state index in [9.17, 15) is 4.79 Å². The molecule has 1 heterocycles. The van der Waals surface area contributed by atoms with Crippen LogP contribution in [0.15, 0.2) is 42.5 Å². The molecule has 0 aliphatic heterocycles. The lowest BCUT2D eigenvalue weighted by Gasteiger charge is -2.03. The Hall–Kier alpha value is -2.11. The van der Waals surface area contributed by atoms with Crippen LogP contribution in [-0.4, -0.2) is 18.0 Å². The zero-order valence-corrected chi connectivity index (χ0v) is 13.4. The van der Waals surface area contributed by atoms with Gasteiger partial charge in [-0.1, -0.05) is 35.1 Å². The molecule has 0 aliphatic carbocycles. The predicted octanol–water partition coefficient (Wildman–Crippen LogP) is 4.14. The van der Waals surface area contributed by atoms with E-state index in [0.29, 0.717) is 16.6 Å². The van der Waals surface area contributed by atoms with Crippen molar-refractivity contribution in [2.75, 3.05) is 12.4 Å². The van der Waals surface area contributed by atoms with Gasteiger partial charge in [-0.15, -0.1) is 0 Å². The number of ether oxygens (including phenoxy) is 1. The Morgan fingerprint density at radius 3 is 2.77 bits per heavy atom.